The Kier molecular flexibility index (Phi) is 5.11. The van der Waals surface area contributed by atoms with Gasteiger partial charge in [0, 0.05) is 6.54 Å². The molecule has 3 aromatic rings. The fourth-order valence-electron chi connectivity index (χ4n) is 3.14. The molecule has 3 rings (SSSR count). The lowest BCUT2D eigenvalue weighted by Crippen LogP contribution is -2.37. The van der Waals surface area contributed by atoms with Gasteiger partial charge >= 0.3 is 5.76 Å². The van der Waals surface area contributed by atoms with Crippen LogP contribution < -0.4 is 10.5 Å². The van der Waals surface area contributed by atoms with E-state index in [1.165, 1.54) is 4.57 Å². The number of nitrogens with zero attached hydrogens (tertiary/aromatic N) is 2. The van der Waals surface area contributed by atoms with Crippen LogP contribution in [0.4, 0.5) is 0 Å². The summed E-state index contributed by atoms with van der Waals surface area (Å²) in [5.41, 5.74) is 2.08. The molecule has 0 saturated heterocycles. The molecule has 1 heterocycles. The number of ether oxygens (including phenoxy) is 1. The van der Waals surface area contributed by atoms with Crippen LogP contribution in [0.15, 0.2) is 57.7 Å². The van der Waals surface area contributed by atoms with Gasteiger partial charge in [0.25, 0.3) is 0 Å². The first-order valence-electron chi connectivity index (χ1n) is 8.57. The molecule has 1 amide bonds. The number of rotatable bonds is 6. The number of hydrogen-bond acceptors (Lipinski definition) is 4. The van der Waals surface area contributed by atoms with Crippen LogP contribution in [0.5, 0.6) is 5.75 Å². The lowest BCUT2D eigenvalue weighted by atomic mass is 10.1. The van der Waals surface area contributed by atoms with Crippen LogP contribution in [0.3, 0.4) is 0 Å². The van der Waals surface area contributed by atoms with Gasteiger partial charge in [0.2, 0.25) is 5.91 Å². The van der Waals surface area contributed by atoms with Gasteiger partial charge in [0.05, 0.1) is 18.7 Å². The maximum atomic E-state index is 12.9. The van der Waals surface area contributed by atoms with Crippen molar-refractivity contribution in [2.75, 3.05) is 13.7 Å². The number of fused-ring (bicyclic) bond motifs is 1. The maximum Gasteiger partial charge on any atom is 0.420 e. The van der Waals surface area contributed by atoms with Crippen LogP contribution in [0.2, 0.25) is 0 Å². The van der Waals surface area contributed by atoms with Crippen molar-refractivity contribution in [1.29, 1.82) is 0 Å². The number of hydrogen-bond donors (Lipinski definition) is 0. The molecular formula is C20H22N2O4. The van der Waals surface area contributed by atoms with E-state index in [0.717, 1.165) is 11.3 Å². The highest BCUT2D eigenvalue weighted by Crippen LogP contribution is 2.24. The zero-order valence-electron chi connectivity index (χ0n) is 15.1. The van der Waals surface area contributed by atoms with Crippen molar-refractivity contribution in [2.24, 2.45) is 0 Å². The number of benzene rings is 2. The second kappa shape index (κ2) is 7.47. The molecule has 0 N–H and O–H groups in total. The van der Waals surface area contributed by atoms with Gasteiger partial charge in [-0.05, 0) is 43.7 Å². The Morgan fingerprint density at radius 2 is 2.00 bits per heavy atom. The zero-order valence-corrected chi connectivity index (χ0v) is 15.1. The van der Waals surface area contributed by atoms with Gasteiger partial charge in [-0.15, -0.1) is 0 Å². The molecule has 0 aliphatic carbocycles. The smallest absolute Gasteiger partial charge is 0.420 e. The molecule has 0 bridgehead atoms. The third kappa shape index (κ3) is 3.35. The minimum Gasteiger partial charge on any atom is -0.497 e. The van der Waals surface area contributed by atoms with Gasteiger partial charge < -0.3 is 14.1 Å². The second-order valence-electron chi connectivity index (χ2n) is 6.05. The number of aromatic nitrogens is 1. The quantitative estimate of drug-likeness (QED) is 0.682. The summed E-state index contributed by atoms with van der Waals surface area (Å²) in [7, 11) is 1.61. The minimum atomic E-state index is -0.523. The van der Waals surface area contributed by atoms with E-state index in [1.54, 1.807) is 30.2 Å². The van der Waals surface area contributed by atoms with E-state index in [-0.39, 0.29) is 18.5 Å². The number of oxazole rings is 1. The summed E-state index contributed by atoms with van der Waals surface area (Å²) in [6, 6.07) is 14.6. The van der Waals surface area contributed by atoms with Crippen molar-refractivity contribution in [3.63, 3.8) is 0 Å². The van der Waals surface area contributed by atoms with Gasteiger partial charge in [0.1, 0.15) is 12.3 Å². The van der Waals surface area contributed by atoms with E-state index >= 15 is 0 Å². The van der Waals surface area contributed by atoms with Gasteiger partial charge in [-0.3, -0.25) is 9.36 Å². The molecule has 136 valence electrons. The normalized spacial score (nSPS) is 12.1. The highest BCUT2D eigenvalue weighted by molar-refractivity contribution is 5.80. The Morgan fingerprint density at radius 3 is 2.73 bits per heavy atom. The van der Waals surface area contributed by atoms with Crippen molar-refractivity contribution >= 4 is 17.0 Å². The maximum absolute atomic E-state index is 12.9. The van der Waals surface area contributed by atoms with E-state index in [1.807, 2.05) is 44.2 Å². The highest BCUT2D eigenvalue weighted by atomic mass is 16.5. The third-order valence-electron chi connectivity index (χ3n) is 4.57. The summed E-state index contributed by atoms with van der Waals surface area (Å²) < 4.78 is 11.8. The molecule has 1 atom stereocenters. The first kappa shape index (κ1) is 17.8. The van der Waals surface area contributed by atoms with Crippen LogP contribution in [-0.2, 0) is 11.3 Å². The molecule has 6 nitrogen and oxygen atoms in total. The molecule has 2 aromatic carbocycles. The Labute approximate surface area is 151 Å². The first-order valence-corrected chi connectivity index (χ1v) is 8.57. The molecule has 0 saturated carbocycles. The van der Waals surface area contributed by atoms with Crippen LogP contribution >= 0.6 is 0 Å². The van der Waals surface area contributed by atoms with Crippen molar-refractivity contribution in [2.45, 2.75) is 26.4 Å². The topological polar surface area (TPSA) is 64.7 Å². The molecule has 0 aliphatic heterocycles. The molecular weight excluding hydrogens is 332 g/mol. The van der Waals surface area contributed by atoms with Crippen LogP contribution in [0, 0.1) is 0 Å². The van der Waals surface area contributed by atoms with Gasteiger partial charge in [-0.1, -0.05) is 24.3 Å². The van der Waals surface area contributed by atoms with Gasteiger partial charge in [0.15, 0.2) is 5.58 Å². The number of carbonyl (C=O) groups is 1. The summed E-state index contributed by atoms with van der Waals surface area (Å²) in [6.07, 6.45) is 0. The molecule has 26 heavy (non-hydrogen) atoms. The summed E-state index contributed by atoms with van der Waals surface area (Å²) in [6.45, 7) is 4.36. The van der Waals surface area contributed by atoms with E-state index in [9.17, 15) is 9.59 Å². The number of para-hydroxylation sites is 2. The molecule has 0 fully saturated rings. The van der Waals surface area contributed by atoms with Crippen molar-refractivity contribution in [1.82, 2.24) is 9.47 Å². The monoisotopic (exact) mass is 354 g/mol. The van der Waals surface area contributed by atoms with E-state index in [2.05, 4.69) is 0 Å². The standard InChI is InChI=1S/C20H22N2O4/c1-4-21(14(2)15-8-7-9-16(12-15)25-3)19(23)13-22-17-10-5-6-11-18(17)26-20(22)24/h5-12,14H,4,13H2,1-3H3. The summed E-state index contributed by atoms with van der Waals surface area (Å²) in [5, 5.41) is 0. The largest absolute Gasteiger partial charge is 0.497 e. The van der Waals surface area contributed by atoms with Crippen LogP contribution in [0.1, 0.15) is 25.5 Å². The number of methoxy groups -OCH3 is 1. The Balaban J connectivity index is 1.86. The fourth-order valence-corrected chi connectivity index (χ4v) is 3.14. The predicted octanol–water partition coefficient (Wildman–Crippen LogP) is 3.21. The minimum absolute atomic E-state index is 0.0575. The van der Waals surface area contributed by atoms with E-state index in [0.29, 0.717) is 17.6 Å². The fraction of sp³-hybridized carbons (Fsp3) is 0.300. The Hall–Kier alpha value is -3.02. The van der Waals surface area contributed by atoms with Gasteiger partial charge in [-0.25, -0.2) is 4.79 Å². The van der Waals surface area contributed by atoms with Crippen LogP contribution in [-0.4, -0.2) is 29.0 Å². The molecule has 0 aliphatic rings. The van der Waals surface area contributed by atoms with Crippen LogP contribution in [0.25, 0.3) is 11.1 Å². The van der Waals surface area contributed by atoms with Gasteiger partial charge in [-0.2, -0.15) is 0 Å². The predicted molar refractivity (Wildman–Crippen MR) is 99.3 cm³/mol. The molecule has 1 unspecified atom stereocenters. The second-order valence-corrected chi connectivity index (χ2v) is 6.05. The average molecular weight is 354 g/mol. The summed E-state index contributed by atoms with van der Waals surface area (Å²) in [5.74, 6) is 0.0796. The van der Waals surface area contributed by atoms with Crippen molar-refractivity contribution in [3.05, 3.63) is 64.6 Å². The Morgan fingerprint density at radius 1 is 1.23 bits per heavy atom. The van der Waals surface area contributed by atoms with Crippen molar-refractivity contribution in [3.8, 4) is 5.75 Å². The summed E-state index contributed by atoms with van der Waals surface area (Å²) >= 11 is 0. The molecule has 0 radical (unpaired) electrons. The summed E-state index contributed by atoms with van der Waals surface area (Å²) in [4.78, 5) is 26.8. The highest BCUT2D eigenvalue weighted by Gasteiger charge is 2.22. The lowest BCUT2D eigenvalue weighted by molar-refractivity contribution is -0.133. The zero-order chi connectivity index (χ0) is 18.7. The average Bonchev–Trinajstić information content (AvgIpc) is 2.97. The SMILES string of the molecule is CCN(C(=O)Cn1c(=O)oc2ccccc21)C(C)c1cccc(OC)c1. The molecule has 6 heteroatoms. The first-order chi connectivity index (χ1) is 12.5. The number of likely N-dealkylation sites (N-methyl/N-ethyl adjacent to an activating group) is 1. The third-order valence-corrected chi connectivity index (χ3v) is 4.57. The van der Waals surface area contributed by atoms with E-state index in [4.69, 9.17) is 9.15 Å². The Bertz CT molecular complexity index is 973. The molecule has 0 spiro atoms. The molecule has 1 aromatic heterocycles. The van der Waals surface area contributed by atoms with Crippen molar-refractivity contribution < 1.29 is 13.9 Å². The number of carbonyl (C=O) groups excluding carboxylic acids is 1. The number of amides is 1. The lowest BCUT2D eigenvalue weighted by Gasteiger charge is -2.28. The van der Waals surface area contributed by atoms with E-state index < -0.39 is 5.76 Å².